The number of rotatable bonds is 4. The molecule has 2 aliphatic rings. The lowest BCUT2D eigenvalue weighted by molar-refractivity contribution is -0.129. The molecule has 0 spiro atoms. The highest BCUT2D eigenvalue weighted by Gasteiger charge is 2.40. The fraction of sp³-hybridized carbons (Fsp3) is 0.333. The maximum atomic E-state index is 15.2. The van der Waals surface area contributed by atoms with Crippen LogP contribution < -0.4 is 15.2 Å². The van der Waals surface area contributed by atoms with Crippen molar-refractivity contribution in [3.8, 4) is 28.4 Å². The smallest absolute Gasteiger partial charge is 0.301 e. The lowest BCUT2D eigenvalue weighted by atomic mass is 9.99. The van der Waals surface area contributed by atoms with Gasteiger partial charge in [-0.15, -0.1) is 0 Å². The largest absolute Gasteiger partial charge is 0.507 e. The Balaban J connectivity index is 1.70. The van der Waals surface area contributed by atoms with Crippen LogP contribution in [0.25, 0.3) is 28.0 Å². The number of hydrogen-bond donors (Lipinski definition) is 1. The number of hydrogen-bond acceptors (Lipinski definition) is 7. The van der Waals surface area contributed by atoms with E-state index in [-0.39, 0.29) is 53.3 Å². The molecule has 3 aromatic heterocycles. The van der Waals surface area contributed by atoms with E-state index in [0.29, 0.717) is 46.8 Å². The van der Waals surface area contributed by atoms with Gasteiger partial charge in [-0.25, -0.2) is 9.37 Å². The summed E-state index contributed by atoms with van der Waals surface area (Å²) in [5.41, 5.74) is 3.41. The summed E-state index contributed by atoms with van der Waals surface area (Å²) in [7, 11) is 0. The van der Waals surface area contributed by atoms with Crippen molar-refractivity contribution in [2.75, 3.05) is 24.6 Å². The van der Waals surface area contributed by atoms with E-state index >= 15 is 4.39 Å². The second-order valence-corrected chi connectivity index (χ2v) is 11.7. The Labute approximate surface area is 248 Å². The van der Waals surface area contributed by atoms with Gasteiger partial charge in [-0.05, 0) is 68.2 Å². The maximum Gasteiger partial charge on any atom is 0.301 e. The molecule has 222 valence electrons. The zero-order chi connectivity index (χ0) is 30.7. The number of aryl methyl sites for hydroxylation is 2. The van der Waals surface area contributed by atoms with E-state index in [1.165, 1.54) is 28.8 Å². The number of carbonyl (C=O) groups is 1. The fourth-order valence-electron chi connectivity index (χ4n) is 6.34. The highest BCUT2D eigenvalue weighted by Crippen LogP contribution is 2.43. The number of anilines is 1. The van der Waals surface area contributed by atoms with Crippen LogP contribution in [-0.4, -0.2) is 62.2 Å². The van der Waals surface area contributed by atoms with Crippen LogP contribution in [-0.2, 0) is 4.79 Å². The second kappa shape index (κ2) is 10.5. The van der Waals surface area contributed by atoms with Gasteiger partial charge in [-0.3, -0.25) is 19.1 Å². The van der Waals surface area contributed by atoms with Gasteiger partial charge >= 0.3 is 5.56 Å². The van der Waals surface area contributed by atoms with Gasteiger partial charge in [0.15, 0.2) is 5.65 Å². The second-order valence-electron chi connectivity index (χ2n) is 11.7. The van der Waals surface area contributed by atoms with Crippen LogP contribution in [0.3, 0.4) is 0 Å². The first-order valence-electron chi connectivity index (χ1n) is 14.4. The van der Waals surface area contributed by atoms with Crippen LogP contribution in [0.4, 0.5) is 10.1 Å². The van der Waals surface area contributed by atoms with Gasteiger partial charge in [-0.2, -0.15) is 0 Å². The molecule has 4 aromatic rings. The number of piperazine rings is 1. The summed E-state index contributed by atoms with van der Waals surface area (Å²) in [4.78, 5) is 40.6. The Morgan fingerprint density at radius 2 is 1.95 bits per heavy atom. The fourth-order valence-corrected chi connectivity index (χ4v) is 6.34. The van der Waals surface area contributed by atoms with E-state index in [2.05, 4.69) is 16.5 Å². The van der Waals surface area contributed by atoms with E-state index < -0.39 is 11.4 Å². The summed E-state index contributed by atoms with van der Waals surface area (Å²) >= 11 is 0. The van der Waals surface area contributed by atoms with Crippen molar-refractivity contribution in [3.63, 3.8) is 0 Å². The first-order valence-corrected chi connectivity index (χ1v) is 14.4. The third-order valence-electron chi connectivity index (χ3n) is 8.43. The normalized spacial score (nSPS) is 17.9. The Kier molecular flexibility index (Phi) is 6.95. The van der Waals surface area contributed by atoms with Crippen LogP contribution in [0.1, 0.15) is 43.5 Å². The maximum absolute atomic E-state index is 15.2. The zero-order valence-corrected chi connectivity index (χ0v) is 24.9. The minimum absolute atomic E-state index is 0.0185. The lowest BCUT2D eigenvalue weighted by Gasteiger charge is -2.48. The van der Waals surface area contributed by atoms with Crippen LogP contribution >= 0.6 is 0 Å². The average molecular weight is 584 g/mol. The number of ether oxygens (including phenoxy) is 1. The molecular formula is C33H34FN5O4. The van der Waals surface area contributed by atoms with Crippen molar-refractivity contribution in [2.45, 2.75) is 52.6 Å². The van der Waals surface area contributed by atoms with Gasteiger partial charge in [0, 0.05) is 30.7 Å². The molecule has 0 saturated carbocycles. The summed E-state index contributed by atoms with van der Waals surface area (Å²) in [6.45, 7) is 14.4. The van der Waals surface area contributed by atoms with Gasteiger partial charge < -0.3 is 19.6 Å². The third-order valence-corrected chi connectivity index (χ3v) is 8.43. The monoisotopic (exact) mass is 583 g/mol. The van der Waals surface area contributed by atoms with Gasteiger partial charge in [0.05, 0.1) is 34.4 Å². The number of pyridine rings is 3. The molecule has 0 bridgehead atoms. The van der Waals surface area contributed by atoms with Crippen LogP contribution in [0.2, 0.25) is 0 Å². The molecule has 6 rings (SSSR count). The number of aromatic nitrogens is 3. The molecule has 1 saturated heterocycles. The Hall–Kier alpha value is -4.73. The Morgan fingerprint density at radius 1 is 1.19 bits per heavy atom. The number of nitrogens with zero attached hydrogens (tertiary/aromatic N) is 5. The summed E-state index contributed by atoms with van der Waals surface area (Å²) in [6.07, 6.45) is 3.03. The van der Waals surface area contributed by atoms with Gasteiger partial charge in [0.25, 0.3) is 0 Å². The Bertz CT molecular complexity index is 1850. The minimum Gasteiger partial charge on any atom is -0.507 e. The summed E-state index contributed by atoms with van der Waals surface area (Å²) in [5, 5.41) is 11.3. The zero-order valence-electron chi connectivity index (χ0n) is 24.9. The molecule has 0 radical (unpaired) electrons. The van der Waals surface area contributed by atoms with Crippen molar-refractivity contribution in [1.29, 1.82) is 0 Å². The van der Waals surface area contributed by atoms with Gasteiger partial charge in [-0.1, -0.05) is 26.5 Å². The standard InChI is InChI=1S/C33H34FN5O4/c1-7-25(41)37-15-21-16-43-31-30(38(21)14-20(37)6)22-13-19(5)28(26-23(34)9-8-10-24(26)40)36-32(22)39(33(31)42)29-18(4)11-12-35-27(29)17(2)3/h7-13,17,20-21,40H,1,14-16H2,2-6H3. The van der Waals surface area contributed by atoms with Crippen LogP contribution in [0.15, 0.2) is 54.0 Å². The van der Waals surface area contributed by atoms with E-state index in [4.69, 9.17) is 9.72 Å². The molecule has 2 aliphatic heterocycles. The molecule has 5 heterocycles. The van der Waals surface area contributed by atoms with Crippen molar-refractivity contribution < 1.29 is 19.0 Å². The third kappa shape index (κ3) is 4.43. The van der Waals surface area contributed by atoms with Crippen LogP contribution in [0, 0.1) is 19.7 Å². The van der Waals surface area contributed by atoms with Gasteiger partial charge in [0.1, 0.15) is 18.2 Å². The molecule has 0 aliphatic carbocycles. The van der Waals surface area contributed by atoms with Gasteiger partial charge in [0.2, 0.25) is 11.7 Å². The molecule has 2 atom stereocenters. The number of aromatic hydroxyl groups is 1. The highest BCUT2D eigenvalue weighted by molar-refractivity contribution is 5.97. The predicted molar refractivity (Wildman–Crippen MR) is 164 cm³/mol. The number of benzene rings is 1. The average Bonchev–Trinajstić information content (AvgIpc) is 2.97. The van der Waals surface area contributed by atoms with E-state index in [1.54, 1.807) is 18.0 Å². The molecule has 2 unspecified atom stereocenters. The molecule has 9 nitrogen and oxygen atoms in total. The molecule has 1 amide bonds. The van der Waals surface area contributed by atoms with Crippen LogP contribution in [0.5, 0.6) is 11.5 Å². The highest BCUT2D eigenvalue weighted by atomic mass is 19.1. The summed E-state index contributed by atoms with van der Waals surface area (Å²) < 4.78 is 22.9. The molecule has 1 fully saturated rings. The SMILES string of the molecule is C=CC(=O)N1CC2COc3c(c4cc(C)c(-c5c(O)cccc5F)nc4n(-c4c(C)ccnc4C(C)C)c3=O)N2CC1C. The molecule has 1 aromatic carbocycles. The van der Waals surface area contributed by atoms with E-state index in [9.17, 15) is 14.7 Å². The van der Waals surface area contributed by atoms with E-state index in [0.717, 1.165) is 5.56 Å². The van der Waals surface area contributed by atoms with Crippen molar-refractivity contribution in [2.24, 2.45) is 0 Å². The number of phenolic OH excluding ortho intramolecular Hbond substituents is 1. The molecule has 10 heteroatoms. The number of carbonyl (C=O) groups excluding carboxylic acids is 1. The van der Waals surface area contributed by atoms with Crippen molar-refractivity contribution in [1.82, 2.24) is 19.4 Å². The molecule has 43 heavy (non-hydrogen) atoms. The topological polar surface area (TPSA) is 101 Å². The molecule has 1 N–H and O–H groups in total. The van der Waals surface area contributed by atoms with Crippen molar-refractivity contribution in [3.05, 3.63) is 82.2 Å². The number of phenols is 1. The summed E-state index contributed by atoms with van der Waals surface area (Å²) in [6, 6.07) is 7.47. The Morgan fingerprint density at radius 3 is 2.65 bits per heavy atom. The predicted octanol–water partition coefficient (Wildman–Crippen LogP) is 5.02. The lowest BCUT2D eigenvalue weighted by Crippen LogP contribution is -2.62. The first kappa shape index (κ1) is 28.4. The quantitative estimate of drug-likeness (QED) is 0.337. The molecular weight excluding hydrogens is 549 g/mol. The number of halogens is 1. The first-order chi connectivity index (χ1) is 20.5. The number of amides is 1. The summed E-state index contributed by atoms with van der Waals surface area (Å²) in [5.74, 6) is -0.849. The minimum atomic E-state index is -0.623. The number of fused-ring (bicyclic) bond motifs is 5. The van der Waals surface area contributed by atoms with E-state index in [1.807, 2.05) is 39.8 Å². The van der Waals surface area contributed by atoms with Crippen molar-refractivity contribution >= 4 is 22.6 Å².